The Morgan fingerprint density at radius 2 is 1.91 bits per heavy atom. The van der Waals surface area contributed by atoms with Crippen LogP contribution in [0, 0.1) is 11.7 Å². The third-order valence-corrected chi connectivity index (χ3v) is 5.19. The number of carbonyl (C=O) groups is 1. The number of piperidine rings is 1. The summed E-state index contributed by atoms with van der Waals surface area (Å²) in [5, 5.41) is 2.13. The van der Waals surface area contributed by atoms with Gasteiger partial charge in [-0.2, -0.15) is 0 Å². The number of thioether (sulfide) groups is 1. The summed E-state index contributed by atoms with van der Waals surface area (Å²) >= 11 is 1.83. The fourth-order valence-corrected chi connectivity index (χ4v) is 3.74. The second kappa shape index (κ2) is 7.29. The van der Waals surface area contributed by atoms with Crippen LogP contribution in [0.2, 0.25) is 0 Å². The van der Waals surface area contributed by atoms with Crippen molar-refractivity contribution >= 4 is 17.5 Å². The topological polar surface area (TPSA) is 23.6 Å². The summed E-state index contributed by atoms with van der Waals surface area (Å²) in [6.45, 7) is 4.06. The molecule has 2 aliphatic heterocycles. The van der Waals surface area contributed by atoms with E-state index in [0.29, 0.717) is 5.56 Å². The first-order valence-corrected chi connectivity index (χ1v) is 8.82. The summed E-state index contributed by atoms with van der Waals surface area (Å²) in [6, 6.07) is 5.93. The minimum absolute atomic E-state index is 0.0870. The van der Waals surface area contributed by atoms with Gasteiger partial charge in [0.15, 0.2) is 5.78 Å². The van der Waals surface area contributed by atoms with Crippen molar-refractivity contribution in [1.82, 2.24) is 9.80 Å². The molecule has 0 saturated carbocycles. The highest BCUT2D eigenvalue weighted by atomic mass is 32.2. The highest BCUT2D eigenvalue weighted by Gasteiger charge is 2.25. The Kier molecular flexibility index (Phi) is 5.16. The summed E-state index contributed by atoms with van der Waals surface area (Å²) in [6.07, 6.45) is 3.96. The monoisotopic (exact) mass is 320 g/mol. The average molecular weight is 320 g/mol. The van der Waals surface area contributed by atoms with Gasteiger partial charge in [-0.15, -0.1) is 11.8 Å². The molecule has 118 valence electrons. The summed E-state index contributed by atoms with van der Waals surface area (Å²) in [4.78, 5) is 17.2. The number of carbonyl (C=O) groups excluding carboxylic acids is 1. The van der Waals surface area contributed by atoms with Crippen LogP contribution < -0.4 is 0 Å². The van der Waals surface area contributed by atoms with Gasteiger partial charge in [-0.25, -0.2) is 4.39 Å². The molecular weight excluding hydrogens is 299 g/mol. The van der Waals surface area contributed by atoms with Crippen molar-refractivity contribution in [3.63, 3.8) is 0 Å². The first-order valence-electron chi connectivity index (χ1n) is 7.77. The summed E-state index contributed by atoms with van der Waals surface area (Å²) < 4.78 is 12.9. The highest BCUT2D eigenvalue weighted by molar-refractivity contribution is 8.02. The van der Waals surface area contributed by atoms with Crippen molar-refractivity contribution < 1.29 is 9.18 Å². The minimum atomic E-state index is -0.291. The van der Waals surface area contributed by atoms with Crippen molar-refractivity contribution in [2.45, 2.75) is 12.8 Å². The molecule has 2 aliphatic rings. The average Bonchev–Trinajstić information content (AvgIpc) is 3.07. The second-order valence-corrected chi connectivity index (χ2v) is 6.74. The van der Waals surface area contributed by atoms with E-state index in [0.717, 1.165) is 44.9 Å². The molecule has 0 aliphatic carbocycles. The second-order valence-electron chi connectivity index (χ2n) is 5.88. The Morgan fingerprint density at radius 3 is 2.55 bits per heavy atom. The number of benzene rings is 1. The van der Waals surface area contributed by atoms with E-state index in [9.17, 15) is 9.18 Å². The molecule has 0 radical (unpaired) electrons. The minimum Gasteiger partial charge on any atom is -0.366 e. The van der Waals surface area contributed by atoms with Gasteiger partial charge in [-0.3, -0.25) is 4.79 Å². The van der Waals surface area contributed by atoms with Gasteiger partial charge in [-0.1, -0.05) is 0 Å². The molecule has 1 aromatic carbocycles. The van der Waals surface area contributed by atoms with Crippen molar-refractivity contribution in [1.29, 1.82) is 0 Å². The maximum absolute atomic E-state index is 12.9. The summed E-state index contributed by atoms with van der Waals surface area (Å²) in [7, 11) is 0. The van der Waals surface area contributed by atoms with E-state index < -0.39 is 0 Å². The molecule has 0 N–H and O–H groups in total. The Labute approximate surface area is 135 Å². The third kappa shape index (κ3) is 3.90. The van der Waals surface area contributed by atoms with E-state index >= 15 is 0 Å². The maximum Gasteiger partial charge on any atom is 0.166 e. The van der Waals surface area contributed by atoms with Crippen molar-refractivity contribution in [3.8, 4) is 0 Å². The lowest BCUT2D eigenvalue weighted by Gasteiger charge is -2.32. The van der Waals surface area contributed by atoms with Crippen LogP contribution in [0.25, 0.3) is 0 Å². The largest absolute Gasteiger partial charge is 0.366 e. The van der Waals surface area contributed by atoms with Crippen LogP contribution in [0.4, 0.5) is 4.39 Å². The van der Waals surface area contributed by atoms with E-state index in [2.05, 4.69) is 21.4 Å². The van der Waals surface area contributed by atoms with Crippen molar-refractivity contribution in [2.75, 3.05) is 32.1 Å². The Balaban J connectivity index is 1.45. The van der Waals surface area contributed by atoms with Crippen molar-refractivity contribution in [2.24, 2.45) is 5.92 Å². The molecule has 5 heteroatoms. The van der Waals surface area contributed by atoms with Crippen LogP contribution in [0.3, 0.4) is 0 Å². The van der Waals surface area contributed by atoms with Crippen LogP contribution in [0.15, 0.2) is 35.9 Å². The molecule has 0 aromatic heterocycles. The summed E-state index contributed by atoms with van der Waals surface area (Å²) in [5.41, 5.74) is 0.638. The Bertz CT molecular complexity index is 538. The van der Waals surface area contributed by atoms with E-state index in [-0.39, 0.29) is 17.5 Å². The predicted molar refractivity (Wildman–Crippen MR) is 88.2 cm³/mol. The number of nitrogens with zero attached hydrogens (tertiary/aromatic N) is 2. The maximum atomic E-state index is 12.9. The first-order chi connectivity index (χ1) is 10.7. The standard InChI is InChI=1S/C17H21FN2OS/c18-16-3-1-14(2-4-16)17(21)15-5-7-19(8-6-15)9-10-20-11-12-22-13-20/h1-4,11-12,15H,5-10,13H2. The molecular formula is C17H21FN2OS. The van der Waals surface area contributed by atoms with E-state index in [4.69, 9.17) is 0 Å². The van der Waals surface area contributed by atoms with Gasteiger partial charge >= 0.3 is 0 Å². The molecule has 0 unspecified atom stereocenters. The predicted octanol–water partition coefficient (Wildman–Crippen LogP) is 3.20. The number of rotatable bonds is 5. The lowest BCUT2D eigenvalue weighted by atomic mass is 9.89. The number of hydrogen-bond acceptors (Lipinski definition) is 4. The van der Waals surface area contributed by atoms with Gasteiger partial charge in [0.2, 0.25) is 0 Å². The fraction of sp³-hybridized carbons (Fsp3) is 0.471. The number of ketones is 1. The number of hydrogen-bond donors (Lipinski definition) is 0. The SMILES string of the molecule is O=C(c1ccc(F)cc1)C1CCN(CCN2C=CSC2)CC1. The normalized spacial score (nSPS) is 19.8. The van der Waals surface area contributed by atoms with E-state index in [1.165, 1.54) is 12.1 Å². The fourth-order valence-electron chi connectivity index (χ4n) is 2.99. The number of halogens is 1. The Hall–Kier alpha value is -1.33. The highest BCUT2D eigenvalue weighted by Crippen LogP contribution is 2.22. The molecule has 1 aromatic rings. The molecule has 1 saturated heterocycles. The lowest BCUT2D eigenvalue weighted by molar-refractivity contribution is 0.0836. The molecule has 0 spiro atoms. The zero-order chi connectivity index (χ0) is 15.4. The Morgan fingerprint density at radius 1 is 1.18 bits per heavy atom. The molecule has 1 fully saturated rings. The van der Waals surface area contributed by atoms with Crippen molar-refractivity contribution in [3.05, 3.63) is 47.3 Å². The molecule has 0 bridgehead atoms. The molecule has 3 rings (SSSR count). The van der Waals surface area contributed by atoms with Crippen LogP contribution in [0.5, 0.6) is 0 Å². The van der Waals surface area contributed by atoms with Gasteiger partial charge in [0, 0.05) is 30.8 Å². The summed E-state index contributed by atoms with van der Waals surface area (Å²) in [5.74, 6) is 1.02. The van der Waals surface area contributed by atoms with E-state index in [1.54, 1.807) is 12.1 Å². The zero-order valence-electron chi connectivity index (χ0n) is 12.6. The quantitative estimate of drug-likeness (QED) is 0.777. The molecule has 3 nitrogen and oxygen atoms in total. The van der Waals surface area contributed by atoms with Gasteiger partial charge in [0.1, 0.15) is 5.82 Å². The first kappa shape index (κ1) is 15.6. The van der Waals surface area contributed by atoms with Gasteiger partial charge in [0.05, 0.1) is 5.88 Å². The van der Waals surface area contributed by atoms with Crippen LogP contribution >= 0.6 is 11.8 Å². The number of likely N-dealkylation sites (tertiary alicyclic amines) is 1. The molecule has 22 heavy (non-hydrogen) atoms. The van der Waals surface area contributed by atoms with Gasteiger partial charge in [-0.05, 0) is 55.6 Å². The third-order valence-electron chi connectivity index (χ3n) is 4.40. The van der Waals surface area contributed by atoms with E-state index in [1.807, 2.05) is 11.8 Å². The van der Waals surface area contributed by atoms with Crippen LogP contribution in [-0.2, 0) is 0 Å². The smallest absolute Gasteiger partial charge is 0.166 e. The van der Waals surface area contributed by atoms with Gasteiger partial charge in [0.25, 0.3) is 0 Å². The van der Waals surface area contributed by atoms with Crippen LogP contribution in [-0.4, -0.2) is 47.6 Å². The zero-order valence-corrected chi connectivity index (χ0v) is 13.4. The molecule has 0 atom stereocenters. The molecule has 0 amide bonds. The molecule has 2 heterocycles. The number of Topliss-reactive ketones (excluding diaryl/α,β-unsaturated/α-hetero) is 1. The lowest BCUT2D eigenvalue weighted by Crippen LogP contribution is -2.39. The van der Waals surface area contributed by atoms with Crippen LogP contribution in [0.1, 0.15) is 23.2 Å². The van der Waals surface area contributed by atoms with Gasteiger partial charge < -0.3 is 9.80 Å².